The Morgan fingerprint density at radius 2 is 1.91 bits per heavy atom. The Morgan fingerprint density at radius 1 is 1.14 bits per heavy atom. The van der Waals surface area contributed by atoms with Crippen LogP contribution in [0.1, 0.15) is 18.1 Å². The Kier molecular flexibility index (Phi) is 6.34. The molecule has 3 nitrogen and oxygen atoms in total. The zero-order valence-electron chi connectivity index (χ0n) is 13.0. The van der Waals surface area contributed by atoms with Crippen LogP contribution in [0.2, 0.25) is 0 Å². The zero-order valence-corrected chi connectivity index (χ0v) is 13.8. The molecule has 0 heterocycles. The Morgan fingerprint density at radius 3 is 2.59 bits per heavy atom. The van der Waals surface area contributed by atoms with Gasteiger partial charge in [0.05, 0.1) is 13.5 Å². The maximum atomic E-state index is 12.0. The maximum absolute atomic E-state index is 12.0. The van der Waals surface area contributed by atoms with Gasteiger partial charge in [0.15, 0.2) is 0 Å². The van der Waals surface area contributed by atoms with Crippen LogP contribution in [0.3, 0.4) is 0 Å². The van der Waals surface area contributed by atoms with Crippen molar-refractivity contribution >= 4 is 17.7 Å². The molecular weight excluding hydrogens is 294 g/mol. The SMILES string of the molecule is CCSc1ccc(CNC(=O)Cc2cccc(OC)c2)cc1. The molecule has 4 heteroatoms. The summed E-state index contributed by atoms with van der Waals surface area (Å²) in [4.78, 5) is 13.3. The molecule has 0 atom stereocenters. The summed E-state index contributed by atoms with van der Waals surface area (Å²) >= 11 is 1.81. The number of methoxy groups -OCH3 is 1. The Labute approximate surface area is 136 Å². The van der Waals surface area contributed by atoms with E-state index in [4.69, 9.17) is 4.74 Å². The molecule has 2 aromatic rings. The van der Waals surface area contributed by atoms with E-state index in [-0.39, 0.29) is 5.91 Å². The van der Waals surface area contributed by atoms with Gasteiger partial charge < -0.3 is 10.1 Å². The molecule has 0 fully saturated rings. The smallest absolute Gasteiger partial charge is 0.224 e. The standard InChI is InChI=1S/C18H21NO2S/c1-3-22-17-9-7-14(8-10-17)13-19-18(20)12-15-5-4-6-16(11-15)21-2/h4-11H,3,12-13H2,1-2H3,(H,19,20). The third kappa shape index (κ3) is 5.11. The predicted octanol–water partition coefficient (Wildman–Crippen LogP) is 3.67. The zero-order chi connectivity index (χ0) is 15.8. The topological polar surface area (TPSA) is 38.3 Å². The van der Waals surface area contributed by atoms with E-state index in [0.29, 0.717) is 13.0 Å². The van der Waals surface area contributed by atoms with E-state index in [0.717, 1.165) is 22.6 Å². The first kappa shape index (κ1) is 16.4. The van der Waals surface area contributed by atoms with Crippen LogP contribution in [-0.4, -0.2) is 18.8 Å². The summed E-state index contributed by atoms with van der Waals surface area (Å²) in [5.74, 6) is 1.85. The van der Waals surface area contributed by atoms with Gasteiger partial charge in [0.25, 0.3) is 0 Å². The second-order valence-electron chi connectivity index (χ2n) is 4.88. The van der Waals surface area contributed by atoms with Crippen LogP contribution in [0.4, 0.5) is 0 Å². The minimum absolute atomic E-state index is 0.0141. The van der Waals surface area contributed by atoms with Gasteiger partial charge in [-0.1, -0.05) is 31.2 Å². The minimum atomic E-state index is 0.0141. The van der Waals surface area contributed by atoms with Gasteiger partial charge in [-0.3, -0.25) is 4.79 Å². The Balaban J connectivity index is 1.84. The van der Waals surface area contributed by atoms with Gasteiger partial charge in [-0.2, -0.15) is 0 Å². The summed E-state index contributed by atoms with van der Waals surface area (Å²) < 4.78 is 5.16. The second kappa shape index (κ2) is 8.49. The van der Waals surface area contributed by atoms with Crippen LogP contribution in [0, 0.1) is 0 Å². The highest BCUT2D eigenvalue weighted by atomic mass is 32.2. The molecule has 22 heavy (non-hydrogen) atoms. The predicted molar refractivity (Wildman–Crippen MR) is 91.4 cm³/mol. The quantitative estimate of drug-likeness (QED) is 0.792. The molecule has 0 saturated heterocycles. The van der Waals surface area contributed by atoms with E-state index in [1.807, 2.05) is 36.0 Å². The van der Waals surface area contributed by atoms with E-state index in [2.05, 4.69) is 36.5 Å². The van der Waals surface area contributed by atoms with E-state index in [1.54, 1.807) is 7.11 Å². The highest BCUT2D eigenvalue weighted by Crippen LogP contribution is 2.17. The first-order valence-electron chi connectivity index (χ1n) is 7.32. The van der Waals surface area contributed by atoms with E-state index in [9.17, 15) is 4.79 Å². The van der Waals surface area contributed by atoms with Gasteiger partial charge in [-0.25, -0.2) is 0 Å². The molecular formula is C18H21NO2S. The van der Waals surface area contributed by atoms with Crippen LogP contribution in [-0.2, 0) is 17.8 Å². The fraction of sp³-hybridized carbons (Fsp3) is 0.278. The lowest BCUT2D eigenvalue weighted by Crippen LogP contribution is -2.24. The summed E-state index contributed by atoms with van der Waals surface area (Å²) in [5.41, 5.74) is 2.06. The Hall–Kier alpha value is -1.94. The van der Waals surface area contributed by atoms with E-state index in [1.165, 1.54) is 4.90 Å². The van der Waals surface area contributed by atoms with Crippen LogP contribution in [0.15, 0.2) is 53.4 Å². The third-order valence-electron chi connectivity index (χ3n) is 3.22. The number of hydrogen-bond donors (Lipinski definition) is 1. The average molecular weight is 315 g/mol. The third-order valence-corrected chi connectivity index (χ3v) is 4.12. The van der Waals surface area contributed by atoms with Crippen molar-refractivity contribution in [3.8, 4) is 5.75 Å². The highest BCUT2D eigenvalue weighted by molar-refractivity contribution is 7.99. The first-order valence-corrected chi connectivity index (χ1v) is 8.31. The number of nitrogens with one attached hydrogen (secondary N) is 1. The van der Waals surface area contributed by atoms with Gasteiger partial charge in [0.2, 0.25) is 5.91 Å². The molecule has 1 N–H and O–H groups in total. The summed E-state index contributed by atoms with van der Waals surface area (Å²) in [5, 5.41) is 2.95. The molecule has 0 spiro atoms. The van der Waals surface area contributed by atoms with E-state index >= 15 is 0 Å². The van der Waals surface area contributed by atoms with Crippen LogP contribution in [0.25, 0.3) is 0 Å². The summed E-state index contributed by atoms with van der Waals surface area (Å²) in [6, 6.07) is 15.9. The maximum Gasteiger partial charge on any atom is 0.224 e. The summed E-state index contributed by atoms with van der Waals surface area (Å²) in [6.07, 6.45) is 0.362. The molecule has 0 radical (unpaired) electrons. The van der Waals surface area contributed by atoms with Crippen molar-refractivity contribution in [2.45, 2.75) is 24.8 Å². The monoisotopic (exact) mass is 315 g/mol. The fourth-order valence-corrected chi connectivity index (χ4v) is 2.76. The molecule has 2 aromatic carbocycles. The largest absolute Gasteiger partial charge is 0.497 e. The lowest BCUT2D eigenvalue weighted by molar-refractivity contribution is -0.120. The highest BCUT2D eigenvalue weighted by Gasteiger charge is 2.04. The van der Waals surface area contributed by atoms with Gasteiger partial charge >= 0.3 is 0 Å². The lowest BCUT2D eigenvalue weighted by Gasteiger charge is -2.07. The molecule has 0 aliphatic rings. The Bertz CT molecular complexity index is 611. The normalized spacial score (nSPS) is 10.3. The van der Waals surface area contributed by atoms with Crippen molar-refractivity contribution in [3.63, 3.8) is 0 Å². The average Bonchev–Trinajstić information content (AvgIpc) is 2.55. The van der Waals surface area contributed by atoms with Crippen LogP contribution in [0.5, 0.6) is 5.75 Å². The van der Waals surface area contributed by atoms with Crippen molar-refractivity contribution in [2.24, 2.45) is 0 Å². The fourth-order valence-electron chi connectivity index (χ4n) is 2.10. The van der Waals surface area contributed by atoms with Gasteiger partial charge in [-0.05, 0) is 41.1 Å². The van der Waals surface area contributed by atoms with Gasteiger partial charge in [0, 0.05) is 11.4 Å². The van der Waals surface area contributed by atoms with Crippen molar-refractivity contribution in [1.82, 2.24) is 5.32 Å². The number of ether oxygens (including phenoxy) is 1. The van der Waals surface area contributed by atoms with E-state index < -0.39 is 0 Å². The van der Waals surface area contributed by atoms with Crippen LogP contribution >= 0.6 is 11.8 Å². The summed E-state index contributed by atoms with van der Waals surface area (Å²) in [7, 11) is 1.62. The lowest BCUT2D eigenvalue weighted by atomic mass is 10.1. The van der Waals surface area contributed by atoms with Crippen molar-refractivity contribution in [2.75, 3.05) is 12.9 Å². The second-order valence-corrected chi connectivity index (χ2v) is 6.22. The molecule has 1 amide bonds. The molecule has 116 valence electrons. The minimum Gasteiger partial charge on any atom is -0.497 e. The number of thioether (sulfide) groups is 1. The number of carbonyl (C=O) groups is 1. The molecule has 0 aliphatic heterocycles. The molecule has 0 aliphatic carbocycles. The first-order chi connectivity index (χ1) is 10.7. The summed E-state index contributed by atoms with van der Waals surface area (Å²) in [6.45, 7) is 2.69. The van der Waals surface area contributed by atoms with Gasteiger partial charge in [-0.15, -0.1) is 11.8 Å². The van der Waals surface area contributed by atoms with Crippen molar-refractivity contribution < 1.29 is 9.53 Å². The molecule has 0 saturated carbocycles. The van der Waals surface area contributed by atoms with Crippen molar-refractivity contribution in [1.29, 1.82) is 0 Å². The van der Waals surface area contributed by atoms with Crippen molar-refractivity contribution in [3.05, 3.63) is 59.7 Å². The van der Waals surface area contributed by atoms with Crippen LogP contribution < -0.4 is 10.1 Å². The molecule has 2 rings (SSSR count). The number of carbonyl (C=O) groups excluding carboxylic acids is 1. The molecule has 0 unspecified atom stereocenters. The molecule has 0 bridgehead atoms. The number of rotatable bonds is 7. The number of hydrogen-bond acceptors (Lipinski definition) is 3. The number of benzene rings is 2. The molecule has 0 aromatic heterocycles. The van der Waals surface area contributed by atoms with Gasteiger partial charge in [0.1, 0.15) is 5.75 Å². The number of amides is 1.